The number of anilines is 2. The van der Waals surface area contributed by atoms with Crippen molar-refractivity contribution in [1.82, 2.24) is 16.0 Å². The fourth-order valence-electron chi connectivity index (χ4n) is 5.95. The number of nitrogens with two attached hydrogens (primary N) is 2. The molecule has 1 saturated heterocycles. The summed E-state index contributed by atoms with van der Waals surface area (Å²) in [4.78, 5) is 13.6. The molecule has 5 rings (SSSR count). The van der Waals surface area contributed by atoms with Gasteiger partial charge in [-0.3, -0.25) is 20.8 Å². The van der Waals surface area contributed by atoms with Crippen LogP contribution in [-0.4, -0.2) is 71.8 Å². The lowest BCUT2D eigenvalue weighted by molar-refractivity contribution is -0.0105. The molecule has 0 saturated carbocycles. The second kappa shape index (κ2) is 9.90. The number of phenols is 1. The Morgan fingerprint density at radius 2 is 2.03 bits per heavy atom. The van der Waals surface area contributed by atoms with Gasteiger partial charge in [-0.15, -0.1) is 11.8 Å². The van der Waals surface area contributed by atoms with Gasteiger partial charge in [0.05, 0.1) is 16.9 Å². The van der Waals surface area contributed by atoms with Crippen LogP contribution >= 0.6 is 11.8 Å². The summed E-state index contributed by atoms with van der Waals surface area (Å²) in [6, 6.07) is 4.08. The molecule has 0 aromatic heterocycles. The van der Waals surface area contributed by atoms with E-state index in [0.29, 0.717) is 39.4 Å². The lowest BCUT2D eigenvalue weighted by Gasteiger charge is -2.43. The molecule has 11 N–H and O–H groups in total. The van der Waals surface area contributed by atoms with E-state index in [1.165, 1.54) is 0 Å². The lowest BCUT2D eigenvalue weighted by atomic mass is 9.70. The minimum absolute atomic E-state index is 0.0116. The Bertz CT molecular complexity index is 1270. The van der Waals surface area contributed by atoms with Crippen LogP contribution in [0.1, 0.15) is 57.1 Å². The second-order valence-corrected chi connectivity index (χ2v) is 11.2. The maximum absolute atomic E-state index is 13.6. The number of carbonyl (C=O) groups excluding carboxylic acids is 1. The number of aromatic hydroxyl groups is 1. The number of nitrogens with one attached hydrogen (secondary N) is 5. The van der Waals surface area contributed by atoms with Gasteiger partial charge in [-0.2, -0.15) is 0 Å². The Kier molecular flexibility index (Phi) is 6.94. The Morgan fingerprint density at radius 3 is 2.76 bits per heavy atom. The van der Waals surface area contributed by atoms with E-state index in [9.17, 15) is 15.0 Å². The van der Waals surface area contributed by atoms with Crippen molar-refractivity contribution in [2.45, 2.75) is 42.4 Å². The van der Waals surface area contributed by atoms with Gasteiger partial charge in [0.25, 0.3) is 0 Å². The molecule has 0 amide bonds. The molecular weight excluding hydrogens is 490 g/mol. The molecule has 198 valence electrons. The average Bonchev–Trinajstić information content (AvgIpc) is 3.35. The summed E-state index contributed by atoms with van der Waals surface area (Å²) < 4.78 is 0. The van der Waals surface area contributed by atoms with E-state index in [1.54, 1.807) is 37.0 Å². The maximum atomic E-state index is 13.6. The molecule has 10 nitrogen and oxygen atoms in total. The first-order valence-electron chi connectivity index (χ1n) is 12.6. The molecule has 1 aliphatic heterocycles. The van der Waals surface area contributed by atoms with Crippen molar-refractivity contribution in [2.24, 2.45) is 5.73 Å². The zero-order valence-corrected chi connectivity index (χ0v) is 21.9. The van der Waals surface area contributed by atoms with Gasteiger partial charge in [-0.1, -0.05) is 12.1 Å². The Morgan fingerprint density at radius 1 is 1.24 bits per heavy atom. The molecule has 1 heterocycles. The minimum atomic E-state index is -1.22. The van der Waals surface area contributed by atoms with E-state index in [-0.39, 0.29) is 47.0 Å². The molecule has 2 aromatic carbocycles. The number of hydrogen-bond donors (Lipinski definition) is 9. The van der Waals surface area contributed by atoms with Crippen molar-refractivity contribution in [3.05, 3.63) is 51.6 Å². The maximum Gasteiger partial charge on any atom is 0.198 e. The number of aliphatic hydroxyl groups is 1. The SMILES string of the molecule is CNCCCNC1NC([C@]2(O)Cc3c(O)c4c(c(NC)c3[C@@H](N)C2)C(=N)c2c(N)cccc2C4=O)CS1. The van der Waals surface area contributed by atoms with Crippen LogP contribution in [0.2, 0.25) is 0 Å². The van der Waals surface area contributed by atoms with Crippen LogP contribution in [0.4, 0.5) is 11.4 Å². The first-order valence-corrected chi connectivity index (χ1v) is 13.6. The summed E-state index contributed by atoms with van der Waals surface area (Å²) >= 11 is 1.70. The van der Waals surface area contributed by atoms with Crippen molar-refractivity contribution in [2.75, 3.05) is 44.0 Å². The summed E-state index contributed by atoms with van der Waals surface area (Å²) in [5, 5.41) is 45.5. The molecule has 3 aliphatic rings. The number of nitrogen functional groups attached to an aromatic ring is 1. The van der Waals surface area contributed by atoms with E-state index in [2.05, 4.69) is 21.3 Å². The molecule has 2 aliphatic carbocycles. The fourth-order valence-corrected chi connectivity index (χ4v) is 7.24. The van der Waals surface area contributed by atoms with E-state index < -0.39 is 17.4 Å². The van der Waals surface area contributed by atoms with Gasteiger partial charge < -0.3 is 32.3 Å². The van der Waals surface area contributed by atoms with E-state index >= 15 is 0 Å². The summed E-state index contributed by atoms with van der Waals surface area (Å²) in [5.41, 5.74) is 14.6. The molecule has 0 radical (unpaired) electrons. The van der Waals surface area contributed by atoms with E-state index in [1.807, 2.05) is 7.05 Å². The number of phenolic OH excluding ortho intramolecular Hbond substituents is 1. The van der Waals surface area contributed by atoms with Crippen LogP contribution in [-0.2, 0) is 6.42 Å². The highest BCUT2D eigenvalue weighted by atomic mass is 32.2. The highest BCUT2D eigenvalue weighted by Crippen LogP contribution is 2.50. The van der Waals surface area contributed by atoms with Gasteiger partial charge in [0.1, 0.15) is 11.2 Å². The number of thioether (sulfide) groups is 1. The summed E-state index contributed by atoms with van der Waals surface area (Å²) in [5.74, 6) is 0.0734. The smallest absolute Gasteiger partial charge is 0.198 e. The van der Waals surface area contributed by atoms with E-state index in [0.717, 1.165) is 19.5 Å². The number of carbonyl (C=O) groups is 1. The topological polar surface area (TPSA) is 182 Å². The number of ketones is 1. The van der Waals surface area contributed by atoms with Gasteiger partial charge in [-0.05, 0) is 44.6 Å². The molecule has 2 unspecified atom stereocenters. The number of rotatable bonds is 7. The van der Waals surface area contributed by atoms with Crippen molar-refractivity contribution >= 4 is 34.6 Å². The lowest BCUT2D eigenvalue weighted by Crippen LogP contribution is -2.56. The van der Waals surface area contributed by atoms with Crippen molar-refractivity contribution in [3.63, 3.8) is 0 Å². The molecule has 37 heavy (non-hydrogen) atoms. The Labute approximate surface area is 220 Å². The zero-order valence-electron chi connectivity index (χ0n) is 21.1. The van der Waals surface area contributed by atoms with Crippen LogP contribution in [0.5, 0.6) is 5.75 Å². The Hall–Kier alpha value is -2.67. The van der Waals surface area contributed by atoms with Gasteiger partial charge in [0.15, 0.2) is 5.78 Å². The van der Waals surface area contributed by atoms with Crippen LogP contribution in [0.15, 0.2) is 18.2 Å². The van der Waals surface area contributed by atoms with Crippen molar-refractivity contribution in [1.29, 1.82) is 5.41 Å². The Balaban J connectivity index is 1.52. The monoisotopic (exact) mass is 525 g/mol. The molecule has 11 heteroatoms. The van der Waals surface area contributed by atoms with Gasteiger partial charge in [-0.25, -0.2) is 0 Å². The molecule has 0 spiro atoms. The van der Waals surface area contributed by atoms with E-state index in [4.69, 9.17) is 16.9 Å². The third kappa shape index (κ3) is 4.19. The highest BCUT2D eigenvalue weighted by molar-refractivity contribution is 8.00. The largest absolute Gasteiger partial charge is 0.507 e. The summed E-state index contributed by atoms with van der Waals surface area (Å²) in [7, 11) is 3.64. The molecule has 0 bridgehead atoms. The predicted octanol–water partition coefficient (Wildman–Crippen LogP) is 0.841. The van der Waals surface area contributed by atoms with Gasteiger partial charge in [0, 0.05) is 64.9 Å². The predicted molar refractivity (Wildman–Crippen MR) is 148 cm³/mol. The molecule has 4 atom stereocenters. The third-order valence-electron chi connectivity index (χ3n) is 7.73. The highest BCUT2D eigenvalue weighted by Gasteiger charge is 2.49. The van der Waals surface area contributed by atoms with Crippen LogP contribution < -0.4 is 32.7 Å². The first-order chi connectivity index (χ1) is 17.7. The quantitative estimate of drug-likeness (QED) is 0.122. The molecule has 1 fully saturated rings. The van der Waals surface area contributed by atoms with Crippen LogP contribution in [0.25, 0.3) is 0 Å². The molecule has 2 aromatic rings. The van der Waals surface area contributed by atoms with Crippen molar-refractivity contribution in [3.8, 4) is 5.75 Å². The first kappa shape index (κ1) is 26.0. The number of hydrogen-bond acceptors (Lipinski definition) is 11. The third-order valence-corrected chi connectivity index (χ3v) is 8.89. The second-order valence-electron chi connectivity index (χ2n) is 10.0. The fraction of sp³-hybridized carbons (Fsp3) is 0.462. The standard InChI is InChI=1S/C26H35N7O3S/c1-30-7-4-8-32-25-33-16(11-37-25)26(36)9-13-18(15(28)10-26)22(31-2)19-20(24(13)35)23(34)12-5-3-6-14(27)17(12)21(19)29/h3,5-6,15-16,25,29-33,35-36H,4,7-11,27-28H2,1-2H3/t15-,16?,25?,26-/m0/s1. The zero-order chi connectivity index (χ0) is 26.5. The number of benzene rings is 2. The average molecular weight is 526 g/mol. The van der Waals surface area contributed by atoms with Crippen LogP contribution in [0.3, 0.4) is 0 Å². The van der Waals surface area contributed by atoms with Gasteiger partial charge >= 0.3 is 0 Å². The summed E-state index contributed by atoms with van der Waals surface area (Å²) in [6.45, 7) is 1.77. The normalized spacial score (nSPS) is 26.5. The number of fused-ring (bicyclic) bond motifs is 3. The summed E-state index contributed by atoms with van der Waals surface area (Å²) in [6.07, 6.45) is 1.41. The minimum Gasteiger partial charge on any atom is -0.507 e. The van der Waals surface area contributed by atoms with Crippen molar-refractivity contribution < 1.29 is 15.0 Å². The molecular formula is C26H35N7O3S. The van der Waals surface area contributed by atoms with Crippen LogP contribution in [0, 0.1) is 5.41 Å². The van der Waals surface area contributed by atoms with Gasteiger partial charge in [0.2, 0.25) is 0 Å².